The monoisotopic (exact) mass is 279 g/mol. The molecular weight excluding hydrogens is 250 g/mol. The lowest BCUT2D eigenvalue weighted by Crippen LogP contribution is -2.30. The Labute approximate surface area is 122 Å². The van der Waals surface area contributed by atoms with Gasteiger partial charge in [0.1, 0.15) is 0 Å². The van der Waals surface area contributed by atoms with Crippen molar-refractivity contribution in [2.24, 2.45) is 5.92 Å². The van der Waals surface area contributed by atoms with Gasteiger partial charge < -0.3 is 5.32 Å². The van der Waals surface area contributed by atoms with Crippen LogP contribution < -0.4 is 5.32 Å². The van der Waals surface area contributed by atoms with Gasteiger partial charge >= 0.3 is 0 Å². The van der Waals surface area contributed by atoms with Crippen LogP contribution in [0.4, 0.5) is 0 Å². The number of hydrogen-bond acceptors (Lipinski definition) is 2. The average Bonchev–Trinajstić information content (AvgIpc) is 3.11. The van der Waals surface area contributed by atoms with E-state index in [9.17, 15) is 0 Å². The first kappa shape index (κ1) is 15.1. The summed E-state index contributed by atoms with van der Waals surface area (Å²) in [4.78, 5) is 1.55. The van der Waals surface area contributed by atoms with Crippen molar-refractivity contribution in [3.63, 3.8) is 0 Å². The minimum Gasteiger partial charge on any atom is -0.314 e. The Balaban J connectivity index is 1.70. The second-order valence-corrected chi connectivity index (χ2v) is 7.03. The number of rotatable bonds is 9. The van der Waals surface area contributed by atoms with Crippen LogP contribution in [0.5, 0.6) is 0 Å². The van der Waals surface area contributed by atoms with E-state index in [1.807, 2.05) is 11.3 Å². The van der Waals surface area contributed by atoms with Gasteiger partial charge in [-0.15, -0.1) is 11.3 Å². The molecule has 1 aliphatic carbocycles. The lowest BCUT2D eigenvalue weighted by atomic mass is 9.96. The molecule has 0 amide bonds. The molecule has 1 unspecified atom stereocenters. The Morgan fingerprint density at radius 2 is 2.16 bits per heavy atom. The van der Waals surface area contributed by atoms with Gasteiger partial charge in [-0.1, -0.05) is 38.7 Å². The van der Waals surface area contributed by atoms with Crippen LogP contribution in [0.2, 0.25) is 0 Å². The van der Waals surface area contributed by atoms with Crippen LogP contribution in [0.1, 0.15) is 63.2 Å². The summed E-state index contributed by atoms with van der Waals surface area (Å²) in [5.74, 6) is 1.03. The Morgan fingerprint density at radius 1 is 1.32 bits per heavy atom. The van der Waals surface area contributed by atoms with Crippen molar-refractivity contribution < 1.29 is 0 Å². The van der Waals surface area contributed by atoms with Gasteiger partial charge in [-0.25, -0.2) is 0 Å². The largest absolute Gasteiger partial charge is 0.314 e. The van der Waals surface area contributed by atoms with Gasteiger partial charge in [0.25, 0.3) is 0 Å². The Hall–Kier alpha value is -0.340. The maximum Gasteiger partial charge on any atom is 0.00706 e. The molecular formula is C17H29NS. The normalized spacial score (nSPS) is 17.9. The summed E-state index contributed by atoms with van der Waals surface area (Å²) < 4.78 is 0. The molecule has 2 heteroatoms. The molecule has 0 saturated heterocycles. The van der Waals surface area contributed by atoms with Crippen molar-refractivity contribution in [2.75, 3.05) is 6.54 Å². The fourth-order valence-electron chi connectivity index (χ4n) is 3.20. The molecule has 0 radical (unpaired) electrons. The standard InChI is InChI=1S/C17H29NS/c1-2-13-18-16(10-9-15-6-3-4-7-15)11-12-17-8-5-14-19-17/h5,8,14-16,18H,2-4,6-7,9-13H2,1H3. The molecule has 19 heavy (non-hydrogen) atoms. The van der Waals surface area contributed by atoms with Gasteiger partial charge in [0.15, 0.2) is 0 Å². The smallest absolute Gasteiger partial charge is 0.00706 e. The fourth-order valence-corrected chi connectivity index (χ4v) is 3.93. The van der Waals surface area contributed by atoms with E-state index in [4.69, 9.17) is 0 Å². The van der Waals surface area contributed by atoms with Gasteiger partial charge in [0.2, 0.25) is 0 Å². The molecule has 1 aromatic heterocycles. The molecule has 1 atom stereocenters. The van der Waals surface area contributed by atoms with E-state index < -0.39 is 0 Å². The van der Waals surface area contributed by atoms with Gasteiger partial charge in [-0.2, -0.15) is 0 Å². The highest BCUT2D eigenvalue weighted by molar-refractivity contribution is 7.09. The van der Waals surface area contributed by atoms with Crippen molar-refractivity contribution in [3.8, 4) is 0 Å². The highest BCUT2D eigenvalue weighted by Gasteiger charge is 2.17. The summed E-state index contributed by atoms with van der Waals surface area (Å²) in [6.07, 6.45) is 12.6. The molecule has 1 aromatic rings. The highest BCUT2D eigenvalue weighted by atomic mass is 32.1. The average molecular weight is 279 g/mol. The molecule has 1 aliphatic rings. The number of nitrogens with one attached hydrogen (secondary N) is 1. The van der Waals surface area contributed by atoms with E-state index in [0.29, 0.717) is 0 Å². The number of aryl methyl sites for hydroxylation is 1. The SMILES string of the molecule is CCCNC(CCc1cccs1)CCC1CCCC1. The predicted octanol–water partition coefficient (Wildman–Crippen LogP) is 5.02. The summed E-state index contributed by atoms with van der Waals surface area (Å²) in [6.45, 7) is 3.44. The summed E-state index contributed by atoms with van der Waals surface area (Å²) in [5, 5.41) is 5.96. The van der Waals surface area contributed by atoms with E-state index in [0.717, 1.165) is 12.0 Å². The Kier molecular flexibility index (Phi) is 6.94. The molecule has 2 rings (SSSR count). The van der Waals surface area contributed by atoms with Crippen LogP contribution in [-0.2, 0) is 6.42 Å². The Morgan fingerprint density at radius 3 is 2.84 bits per heavy atom. The van der Waals surface area contributed by atoms with Crippen LogP contribution >= 0.6 is 11.3 Å². The van der Waals surface area contributed by atoms with Crippen molar-refractivity contribution in [1.29, 1.82) is 0 Å². The molecule has 1 fully saturated rings. The van der Waals surface area contributed by atoms with E-state index >= 15 is 0 Å². The molecule has 1 N–H and O–H groups in total. The summed E-state index contributed by atoms with van der Waals surface area (Å²) in [7, 11) is 0. The minimum atomic E-state index is 0.739. The number of thiophene rings is 1. The fraction of sp³-hybridized carbons (Fsp3) is 0.765. The minimum absolute atomic E-state index is 0.739. The first-order valence-corrected chi connectivity index (χ1v) is 9.02. The van der Waals surface area contributed by atoms with Crippen molar-refractivity contribution in [3.05, 3.63) is 22.4 Å². The topological polar surface area (TPSA) is 12.0 Å². The predicted molar refractivity (Wildman–Crippen MR) is 85.9 cm³/mol. The van der Waals surface area contributed by atoms with Gasteiger partial charge in [0.05, 0.1) is 0 Å². The van der Waals surface area contributed by atoms with Crippen LogP contribution in [0.15, 0.2) is 17.5 Å². The highest BCUT2D eigenvalue weighted by Crippen LogP contribution is 2.29. The molecule has 0 bridgehead atoms. The lowest BCUT2D eigenvalue weighted by molar-refractivity contribution is 0.390. The van der Waals surface area contributed by atoms with E-state index in [-0.39, 0.29) is 0 Å². The van der Waals surface area contributed by atoms with Crippen molar-refractivity contribution in [2.45, 2.75) is 70.8 Å². The van der Waals surface area contributed by atoms with Gasteiger partial charge in [-0.05, 0) is 56.0 Å². The van der Waals surface area contributed by atoms with Crippen LogP contribution in [0.25, 0.3) is 0 Å². The number of hydrogen-bond donors (Lipinski definition) is 1. The zero-order valence-corrected chi connectivity index (χ0v) is 13.2. The zero-order chi connectivity index (χ0) is 13.3. The third-order valence-electron chi connectivity index (χ3n) is 4.40. The molecule has 0 aromatic carbocycles. The third-order valence-corrected chi connectivity index (χ3v) is 5.34. The zero-order valence-electron chi connectivity index (χ0n) is 12.4. The maximum atomic E-state index is 3.76. The Bertz CT molecular complexity index is 314. The molecule has 108 valence electrons. The van der Waals surface area contributed by atoms with Crippen LogP contribution in [0.3, 0.4) is 0 Å². The van der Waals surface area contributed by atoms with E-state index in [2.05, 4.69) is 29.8 Å². The van der Waals surface area contributed by atoms with Crippen LogP contribution in [-0.4, -0.2) is 12.6 Å². The molecule has 1 nitrogen and oxygen atoms in total. The molecule has 1 heterocycles. The molecule has 0 aliphatic heterocycles. The second-order valence-electron chi connectivity index (χ2n) is 6.00. The lowest BCUT2D eigenvalue weighted by Gasteiger charge is -2.20. The van der Waals surface area contributed by atoms with E-state index in [1.54, 1.807) is 4.88 Å². The molecule has 0 spiro atoms. The van der Waals surface area contributed by atoms with E-state index in [1.165, 1.54) is 64.3 Å². The maximum absolute atomic E-state index is 3.76. The molecule has 1 saturated carbocycles. The summed E-state index contributed by atoms with van der Waals surface area (Å²) in [6, 6.07) is 5.19. The third kappa shape index (κ3) is 5.66. The van der Waals surface area contributed by atoms with Crippen molar-refractivity contribution >= 4 is 11.3 Å². The first-order valence-electron chi connectivity index (χ1n) is 8.14. The summed E-state index contributed by atoms with van der Waals surface area (Å²) >= 11 is 1.90. The first-order chi connectivity index (χ1) is 9.38. The second kappa shape index (κ2) is 8.76. The van der Waals surface area contributed by atoms with Gasteiger partial charge in [-0.3, -0.25) is 0 Å². The van der Waals surface area contributed by atoms with Gasteiger partial charge in [0, 0.05) is 10.9 Å². The summed E-state index contributed by atoms with van der Waals surface area (Å²) in [5.41, 5.74) is 0. The quantitative estimate of drug-likeness (QED) is 0.669. The van der Waals surface area contributed by atoms with Crippen molar-refractivity contribution in [1.82, 2.24) is 5.32 Å². The van der Waals surface area contributed by atoms with Crippen LogP contribution in [0, 0.1) is 5.92 Å².